The zero-order valence-electron chi connectivity index (χ0n) is 10.9. The number of benzene rings is 1. The van der Waals surface area contributed by atoms with Crippen molar-refractivity contribution in [2.75, 3.05) is 12.0 Å². The molecule has 0 fully saturated rings. The van der Waals surface area contributed by atoms with Gasteiger partial charge in [-0.15, -0.1) is 0 Å². The fourth-order valence-corrected chi connectivity index (χ4v) is 1.87. The molecular weight excluding hydrogens is 338 g/mol. The fourth-order valence-electron chi connectivity index (χ4n) is 1.49. The maximum absolute atomic E-state index is 10.6. The molecule has 0 aliphatic rings. The summed E-state index contributed by atoms with van der Waals surface area (Å²) >= 11 is 3.35. The van der Waals surface area contributed by atoms with Gasteiger partial charge in [0.05, 0.1) is 6.21 Å². The number of pyridine rings is 1. The number of hydrazone groups is 1. The SMILES string of the molecule is O=C(O)COc1ccc(Br)cc1/C=N/Nc1ccccn1. The molecule has 0 amide bonds. The van der Waals surface area contributed by atoms with Gasteiger partial charge < -0.3 is 9.84 Å². The van der Waals surface area contributed by atoms with Gasteiger partial charge in [0.1, 0.15) is 11.6 Å². The molecule has 7 heteroatoms. The van der Waals surface area contributed by atoms with Gasteiger partial charge in [0.2, 0.25) is 0 Å². The minimum absolute atomic E-state index is 0.407. The van der Waals surface area contributed by atoms with Crippen molar-refractivity contribution in [2.45, 2.75) is 0 Å². The first-order chi connectivity index (χ1) is 10.1. The molecule has 2 N–H and O–H groups in total. The van der Waals surface area contributed by atoms with Crippen LogP contribution in [-0.4, -0.2) is 28.9 Å². The van der Waals surface area contributed by atoms with E-state index in [0.717, 1.165) is 4.47 Å². The van der Waals surface area contributed by atoms with Crippen molar-refractivity contribution in [3.63, 3.8) is 0 Å². The van der Waals surface area contributed by atoms with Crippen molar-refractivity contribution in [3.8, 4) is 5.75 Å². The van der Waals surface area contributed by atoms with E-state index in [2.05, 4.69) is 31.4 Å². The standard InChI is InChI=1S/C14H12BrN3O3/c15-11-4-5-12(21-9-14(19)20)10(7-11)8-17-18-13-3-1-2-6-16-13/h1-8H,9H2,(H,16,18)(H,19,20)/b17-8+. The number of carboxylic acids is 1. The lowest BCUT2D eigenvalue weighted by Gasteiger charge is -2.07. The highest BCUT2D eigenvalue weighted by molar-refractivity contribution is 9.10. The van der Waals surface area contributed by atoms with Gasteiger partial charge in [-0.25, -0.2) is 9.78 Å². The van der Waals surface area contributed by atoms with E-state index in [4.69, 9.17) is 9.84 Å². The first kappa shape index (κ1) is 15.0. The summed E-state index contributed by atoms with van der Waals surface area (Å²) in [5.41, 5.74) is 3.42. The van der Waals surface area contributed by atoms with E-state index < -0.39 is 12.6 Å². The third-order valence-electron chi connectivity index (χ3n) is 2.37. The smallest absolute Gasteiger partial charge is 0.341 e. The number of aliphatic carboxylic acids is 1. The van der Waals surface area contributed by atoms with Crippen LogP contribution in [0.4, 0.5) is 5.82 Å². The molecule has 0 spiro atoms. The highest BCUT2D eigenvalue weighted by atomic mass is 79.9. The van der Waals surface area contributed by atoms with Gasteiger partial charge in [0.25, 0.3) is 0 Å². The van der Waals surface area contributed by atoms with Crippen LogP contribution >= 0.6 is 15.9 Å². The topological polar surface area (TPSA) is 83.8 Å². The van der Waals surface area contributed by atoms with Crippen molar-refractivity contribution in [1.82, 2.24) is 4.98 Å². The molecule has 0 aliphatic carbocycles. The minimum Gasteiger partial charge on any atom is -0.481 e. The van der Waals surface area contributed by atoms with E-state index in [1.54, 1.807) is 36.5 Å². The van der Waals surface area contributed by atoms with Gasteiger partial charge in [-0.3, -0.25) is 5.43 Å². The number of rotatable bonds is 6. The van der Waals surface area contributed by atoms with Crippen LogP contribution in [0.1, 0.15) is 5.56 Å². The van der Waals surface area contributed by atoms with Crippen LogP contribution in [0.2, 0.25) is 0 Å². The molecule has 21 heavy (non-hydrogen) atoms. The highest BCUT2D eigenvalue weighted by Crippen LogP contribution is 2.21. The zero-order chi connectivity index (χ0) is 15.1. The number of halogens is 1. The van der Waals surface area contributed by atoms with E-state index in [9.17, 15) is 4.79 Å². The van der Waals surface area contributed by atoms with E-state index in [0.29, 0.717) is 17.1 Å². The quantitative estimate of drug-likeness (QED) is 0.618. The van der Waals surface area contributed by atoms with Gasteiger partial charge in [-0.2, -0.15) is 5.10 Å². The molecule has 0 aliphatic heterocycles. The Morgan fingerprint density at radius 3 is 3.00 bits per heavy atom. The maximum atomic E-state index is 10.6. The Kier molecular flexibility index (Phi) is 5.28. The molecule has 0 saturated heterocycles. The molecule has 2 rings (SSSR count). The molecule has 0 bridgehead atoms. The van der Waals surface area contributed by atoms with Gasteiger partial charge in [-0.1, -0.05) is 22.0 Å². The Hall–Kier alpha value is -2.41. The van der Waals surface area contributed by atoms with Crippen LogP contribution in [0.3, 0.4) is 0 Å². The molecule has 1 aromatic carbocycles. The molecular formula is C14H12BrN3O3. The molecule has 0 saturated carbocycles. The molecule has 0 radical (unpaired) electrons. The van der Waals surface area contributed by atoms with E-state index in [1.165, 1.54) is 6.21 Å². The number of hydrogen-bond donors (Lipinski definition) is 2. The van der Waals surface area contributed by atoms with Crippen LogP contribution < -0.4 is 10.2 Å². The number of aromatic nitrogens is 1. The number of anilines is 1. The van der Waals surface area contributed by atoms with Crippen molar-refractivity contribution in [3.05, 3.63) is 52.6 Å². The summed E-state index contributed by atoms with van der Waals surface area (Å²) in [5, 5.41) is 12.7. The van der Waals surface area contributed by atoms with Crippen molar-refractivity contribution < 1.29 is 14.6 Å². The highest BCUT2D eigenvalue weighted by Gasteiger charge is 2.05. The Morgan fingerprint density at radius 1 is 1.43 bits per heavy atom. The molecule has 1 aromatic heterocycles. The number of carboxylic acid groups (broad SMARTS) is 1. The summed E-state index contributed by atoms with van der Waals surface area (Å²) in [4.78, 5) is 14.6. The van der Waals surface area contributed by atoms with Crippen LogP contribution in [0, 0.1) is 0 Å². The molecule has 108 valence electrons. The Morgan fingerprint density at radius 2 is 2.29 bits per heavy atom. The number of hydrogen-bond acceptors (Lipinski definition) is 5. The van der Waals surface area contributed by atoms with E-state index in [1.807, 2.05) is 6.07 Å². The van der Waals surface area contributed by atoms with Gasteiger partial charge in [-0.05, 0) is 30.3 Å². The first-order valence-electron chi connectivity index (χ1n) is 5.99. The zero-order valence-corrected chi connectivity index (χ0v) is 12.4. The predicted molar refractivity (Wildman–Crippen MR) is 82.7 cm³/mol. The molecule has 0 atom stereocenters. The molecule has 1 heterocycles. The van der Waals surface area contributed by atoms with Crippen molar-refractivity contribution in [2.24, 2.45) is 5.10 Å². The fraction of sp³-hybridized carbons (Fsp3) is 0.0714. The van der Waals surface area contributed by atoms with Crippen molar-refractivity contribution in [1.29, 1.82) is 0 Å². The molecule has 6 nitrogen and oxygen atoms in total. The van der Waals surface area contributed by atoms with Gasteiger partial charge in [0.15, 0.2) is 6.61 Å². The van der Waals surface area contributed by atoms with Crippen LogP contribution in [-0.2, 0) is 4.79 Å². The second kappa shape index (κ2) is 7.39. The minimum atomic E-state index is -1.03. The summed E-state index contributed by atoms with van der Waals surface area (Å²) in [6.07, 6.45) is 3.19. The Labute approximate surface area is 129 Å². The second-order valence-electron chi connectivity index (χ2n) is 3.95. The van der Waals surface area contributed by atoms with Gasteiger partial charge in [0, 0.05) is 16.2 Å². The maximum Gasteiger partial charge on any atom is 0.341 e. The number of nitrogens with one attached hydrogen (secondary N) is 1. The largest absolute Gasteiger partial charge is 0.481 e. The summed E-state index contributed by atoms with van der Waals surface area (Å²) < 4.78 is 6.04. The summed E-state index contributed by atoms with van der Waals surface area (Å²) in [7, 11) is 0. The summed E-state index contributed by atoms with van der Waals surface area (Å²) in [5.74, 6) is 0.0105. The number of ether oxygens (including phenoxy) is 1. The third kappa shape index (κ3) is 4.88. The average molecular weight is 350 g/mol. The van der Waals surface area contributed by atoms with Crippen molar-refractivity contribution >= 4 is 33.9 Å². The Bertz CT molecular complexity index is 647. The predicted octanol–water partition coefficient (Wildman–Crippen LogP) is 2.75. The number of nitrogens with zero attached hydrogens (tertiary/aromatic N) is 2. The van der Waals surface area contributed by atoms with Crippen LogP contribution in [0.5, 0.6) is 5.75 Å². The van der Waals surface area contributed by atoms with Crippen LogP contribution in [0.15, 0.2) is 52.2 Å². The van der Waals surface area contributed by atoms with E-state index in [-0.39, 0.29) is 0 Å². The molecule has 2 aromatic rings. The summed E-state index contributed by atoms with van der Waals surface area (Å²) in [6, 6.07) is 10.6. The first-order valence-corrected chi connectivity index (χ1v) is 6.79. The Balaban J connectivity index is 2.10. The van der Waals surface area contributed by atoms with Crippen LogP contribution in [0.25, 0.3) is 0 Å². The lowest BCUT2D eigenvalue weighted by molar-refractivity contribution is -0.139. The average Bonchev–Trinajstić information content (AvgIpc) is 2.47. The molecule has 0 unspecified atom stereocenters. The third-order valence-corrected chi connectivity index (χ3v) is 2.86. The monoisotopic (exact) mass is 349 g/mol. The van der Waals surface area contributed by atoms with E-state index >= 15 is 0 Å². The normalized spacial score (nSPS) is 10.5. The lowest BCUT2D eigenvalue weighted by Crippen LogP contribution is -2.10. The number of carbonyl (C=O) groups is 1. The second-order valence-corrected chi connectivity index (χ2v) is 4.87. The lowest BCUT2D eigenvalue weighted by atomic mass is 10.2. The van der Waals surface area contributed by atoms with Gasteiger partial charge >= 0.3 is 5.97 Å². The summed E-state index contributed by atoms with van der Waals surface area (Å²) in [6.45, 7) is -0.407.